The minimum absolute atomic E-state index is 0. The summed E-state index contributed by atoms with van der Waals surface area (Å²) in [6.07, 6.45) is 5.82. The Kier molecular flexibility index (Phi) is 11.3. The summed E-state index contributed by atoms with van der Waals surface area (Å²) in [5.74, 6) is -0.198. The summed E-state index contributed by atoms with van der Waals surface area (Å²) in [6.45, 7) is 7.39. The summed E-state index contributed by atoms with van der Waals surface area (Å²) in [7, 11) is 0. The number of carbonyl (C=O) groups is 2. The zero-order chi connectivity index (χ0) is 28.9. The number of carbonyl (C=O) groups excluding carboxylic acids is 2. The number of benzene rings is 1. The third kappa shape index (κ3) is 8.26. The number of nitrogens with zero attached hydrogens (tertiary/aromatic N) is 5. The normalized spacial score (nSPS) is 19.6. The fourth-order valence-electron chi connectivity index (χ4n) is 5.19. The minimum Gasteiger partial charge on any atom is -0.394 e. The molecule has 1 aromatic carbocycles. The van der Waals surface area contributed by atoms with E-state index in [-0.39, 0.29) is 24.1 Å². The van der Waals surface area contributed by atoms with Crippen LogP contribution in [0, 0.1) is 6.92 Å². The largest absolute Gasteiger partial charge is 0.394 e. The van der Waals surface area contributed by atoms with E-state index in [9.17, 15) is 19.5 Å². The first-order valence-electron chi connectivity index (χ1n) is 14.0. The van der Waals surface area contributed by atoms with Crippen LogP contribution in [0.2, 0.25) is 0 Å². The van der Waals surface area contributed by atoms with E-state index in [0.717, 1.165) is 50.9 Å². The van der Waals surface area contributed by atoms with Crippen molar-refractivity contribution in [1.29, 1.82) is 0 Å². The van der Waals surface area contributed by atoms with Crippen LogP contribution in [-0.4, -0.2) is 105 Å². The molecular weight excluding hydrogens is 548 g/mol. The number of aliphatic hydroxyl groups excluding tert-OH is 1. The molecule has 0 aliphatic carbocycles. The van der Waals surface area contributed by atoms with Crippen LogP contribution in [0.25, 0.3) is 5.69 Å². The third-order valence-corrected chi connectivity index (χ3v) is 7.88. The van der Waals surface area contributed by atoms with Gasteiger partial charge < -0.3 is 31.3 Å². The van der Waals surface area contributed by atoms with Crippen molar-refractivity contribution in [3.63, 3.8) is 0 Å². The molecular formula is C28H43ClN8O4. The number of nitrogens with two attached hydrogens (primary N) is 2. The molecule has 0 bridgehead atoms. The van der Waals surface area contributed by atoms with E-state index in [1.165, 1.54) is 22.0 Å². The van der Waals surface area contributed by atoms with Gasteiger partial charge >= 0.3 is 11.7 Å². The summed E-state index contributed by atoms with van der Waals surface area (Å²) >= 11 is 0. The molecule has 226 valence electrons. The first kappa shape index (κ1) is 32.5. The van der Waals surface area contributed by atoms with Gasteiger partial charge in [-0.05, 0) is 81.9 Å². The second-order valence-corrected chi connectivity index (χ2v) is 11.1. The second kappa shape index (κ2) is 14.2. The van der Waals surface area contributed by atoms with E-state index in [1.807, 2.05) is 12.1 Å². The highest BCUT2D eigenvalue weighted by Gasteiger charge is 2.34. The second-order valence-electron chi connectivity index (χ2n) is 11.1. The molecule has 1 unspecified atom stereocenters. The van der Waals surface area contributed by atoms with Gasteiger partial charge in [-0.15, -0.1) is 12.4 Å². The van der Waals surface area contributed by atoms with Gasteiger partial charge in [-0.25, -0.2) is 9.59 Å². The molecule has 0 saturated carbocycles. The average Bonchev–Trinajstić information content (AvgIpc) is 3.15. The molecule has 0 radical (unpaired) electrons. The van der Waals surface area contributed by atoms with Crippen LogP contribution >= 0.6 is 12.4 Å². The van der Waals surface area contributed by atoms with Crippen molar-refractivity contribution < 1.29 is 14.7 Å². The zero-order valence-corrected chi connectivity index (χ0v) is 24.7. The van der Waals surface area contributed by atoms with Crippen LogP contribution in [-0.2, 0) is 11.2 Å². The summed E-state index contributed by atoms with van der Waals surface area (Å²) in [6, 6.07) is 7.47. The molecule has 1 aromatic heterocycles. The van der Waals surface area contributed by atoms with Crippen molar-refractivity contribution in [1.82, 2.24) is 24.3 Å². The highest BCUT2D eigenvalue weighted by Crippen LogP contribution is 2.17. The van der Waals surface area contributed by atoms with E-state index in [1.54, 1.807) is 17.2 Å². The van der Waals surface area contributed by atoms with E-state index in [0.29, 0.717) is 37.9 Å². The molecule has 2 atom stereocenters. The molecule has 13 heteroatoms. The number of piperazine rings is 1. The number of nitrogens with one attached hydrogen (secondary N) is 1. The van der Waals surface area contributed by atoms with Gasteiger partial charge in [0.1, 0.15) is 11.4 Å². The lowest BCUT2D eigenvalue weighted by molar-refractivity contribution is -0.139. The number of aryl methyl sites for hydroxylation is 1. The Bertz CT molecular complexity index is 1260. The summed E-state index contributed by atoms with van der Waals surface area (Å²) in [5, 5.41) is 12.0. The van der Waals surface area contributed by atoms with Crippen molar-refractivity contribution >= 4 is 30.2 Å². The predicted molar refractivity (Wildman–Crippen MR) is 161 cm³/mol. The molecule has 4 rings (SSSR count). The first-order valence-corrected chi connectivity index (χ1v) is 14.0. The molecule has 3 heterocycles. The number of amides is 3. The Morgan fingerprint density at radius 3 is 2.46 bits per heavy atom. The molecule has 12 nitrogen and oxygen atoms in total. The lowest BCUT2D eigenvalue weighted by atomic mass is 10.0. The number of anilines is 1. The van der Waals surface area contributed by atoms with Gasteiger partial charge in [0.25, 0.3) is 0 Å². The number of halogens is 1. The van der Waals surface area contributed by atoms with Crippen LogP contribution in [0.3, 0.4) is 0 Å². The number of hydrogen-bond acceptors (Lipinski definition) is 8. The van der Waals surface area contributed by atoms with Gasteiger partial charge in [0, 0.05) is 45.0 Å². The summed E-state index contributed by atoms with van der Waals surface area (Å²) in [4.78, 5) is 47.6. The van der Waals surface area contributed by atoms with Crippen LogP contribution < -0.4 is 22.5 Å². The van der Waals surface area contributed by atoms with E-state index >= 15 is 0 Å². The van der Waals surface area contributed by atoms with Crippen molar-refractivity contribution in [2.75, 3.05) is 57.7 Å². The van der Waals surface area contributed by atoms with E-state index < -0.39 is 23.9 Å². The molecule has 2 aliphatic rings. The Balaban J connectivity index is 0.00000462. The fraction of sp³-hybridized carbons (Fsp3) is 0.571. The van der Waals surface area contributed by atoms with Crippen LogP contribution in [0.15, 0.2) is 35.3 Å². The molecule has 2 aliphatic heterocycles. The lowest BCUT2D eigenvalue weighted by Gasteiger charge is -2.37. The lowest BCUT2D eigenvalue weighted by Crippen LogP contribution is -2.60. The average molecular weight is 591 g/mol. The highest BCUT2D eigenvalue weighted by molar-refractivity contribution is 5.89. The quantitative estimate of drug-likeness (QED) is 0.366. The van der Waals surface area contributed by atoms with Gasteiger partial charge in [0.15, 0.2) is 0 Å². The fourth-order valence-corrected chi connectivity index (χ4v) is 5.19. The third-order valence-electron chi connectivity index (χ3n) is 7.88. The van der Waals surface area contributed by atoms with Crippen LogP contribution in [0.1, 0.15) is 37.3 Å². The van der Waals surface area contributed by atoms with Crippen molar-refractivity contribution in [2.45, 2.75) is 51.1 Å². The molecule has 41 heavy (non-hydrogen) atoms. The highest BCUT2D eigenvalue weighted by atomic mass is 35.5. The summed E-state index contributed by atoms with van der Waals surface area (Å²) < 4.78 is 1.46. The zero-order valence-electron chi connectivity index (χ0n) is 23.9. The monoisotopic (exact) mass is 590 g/mol. The maximum absolute atomic E-state index is 12.8. The number of likely N-dealkylation sites (tertiary alicyclic amines) is 1. The summed E-state index contributed by atoms with van der Waals surface area (Å²) in [5.41, 5.74) is 13.2. The van der Waals surface area contributed by atoms with E-state index in [2.05, 4.69) is 28.2 Å². The van der Waals surface area contributed by atoms with Crippen LogP contribution in [0.5, 0.6) is 0 Å². The van der Waals surface area contributed by atoms with Gasteiger partial charge in [0.2, 0.25) is 5.91 Å². The van der Waals surface area contributed by atoms with Crippen molar-refractivity contribution in [2.24, 2.45) is 11.5 Å². The van der Waals surface area contributed by atoms with Gasteiger partial charge in [-0.2, -0.15) is 4.98 Å². The topological polar surface area (TPSA) is 163 Å². The van der Waals surface area contributed by atoms with Gasteiger partial charge in [-0.1, -0.05) is 6.07 Å². The van der Waals surface area contributed by atoms with E-state index in [4.69, 9.17) is 11.5 Å². The Hall–Kier alpha value is -3.03. The Labute approximate surface area is 247 Å². The number of urea groups is 1. The minimum atomic E-state index is -1.35. The van der Waals surface area contributed by atoms with Gasteiger partial charge in [0.05, 0.1) is 12.3 Å². The molecule has 2 fully saturated rings. The molecule has 3 amide bonds. The molecule has 6 N–H and O–H groups in total. The Morgan fingerprint density at radius 2 is 1.80 bits per heavy atom. The predicted octanol–water partition coefficient (Wildman–Crippen LogP) is 0.704. The van der Waals surface area contributed by atoms with Crippen molar-refractivity contribution in [3.05, 3.63) is 52.1 Å². The SMILES string of the molecule is Cc1cc(-n2ccc(NC(=O)N3CCN(C(=O)[C@@](C)(N)CO)CC3)nc2=O)ccc1CCN1CCCC(N)CC1.Cl. The maximum atomic E-state index is 12.8. The maximum Gasteiger partial charge on any atom is 0.354 e. The standard InChI is InChI=1S/C28H42N8O4.ClH/c1-20-18-23(6-5-21(20)7-11-33-10-3-4-22(29)8-12-33)36-13-9-24(32-27(36)40)31-26(39)35-16-14-34(15-17-35)25(38)28(2,30)19-37;/h5-6,9,13,18,22,37H,3-4,7-8,10-12,14-17,19,29-30H2,1-2H3,(H,31,32,39,40);1H/t22?,28-;/m0./s1. The first-order chi connectivity index (χ1) is 19.1. The van der Waals surface area contributed by atoms with Crippen molar-refractivity contribution in [3.8, 4) is 5.69 Å². The molecule has 0 spiro atoms. The Morgan fingerprint density at radius 1 is 1.10 bits per heavy atom. The molecule has 2 saturated heterocycles. The number of rotatable bonds is 7. The number of aliphatic hydroxyl groups is 1. The number of hydrogen-bond donors (Lipinski definition) is 4. The number of aromatic nitrogens is 2. The van der Waals surface area contributed by atoms with Crippen LogP contribution in [0.4, 0.5) is 10.6 Å². The van der Waals surface area contributed by atoms with Gasteiger partial charge in [-0.3, -0.25) is 14.7 Å². The molecule has 2 aromatic rings. The smallest absolute Gasteiger partial charge is 0.354 e.